The molecule has 1 unspecified atom stereocenters. The molecule has 45 heavy (non-hydrogen) atoms. The molecule has 1 aromatic heterocycles. The van der Waals surface area contributed by atoms with Crippen LogP contribution in [0.25, 0.3) is 22.1 Å². The van der Waals surface area contributed by atoms with Crippen LogP contribution in [-0.2, 0) is 20.6 Å². The van der Waals surface area contributed by atoms with E-state index in [4.69, 9.17) is 9.15 Å². The minimum absolute atomic E-state index is 0. The molecule has 0 aliphatic carbocycles. The number of hydroxylamine groups is 2. The van der Waals surface area contributed by atoms with Crippen LogP contribution >= 0.6 is 8.03 Å². The standard InChI is InChI=1S/C32H34N3O8P.H2O/c1-3-28(35(39)20-36)27(12-10-21-9-11-22-7-5-6-8-23(22)15-21)31(37)33-19-34-32(38)30-14-13-29(43-30)24-16-25(42-4-2)18-26(17-24)44(40)41;/h5-9,11,13-18,20,27-28,39H,3-4,10,12,19H2,1-2H3,(H2-,33,34,37,38,40,41);1H2/p+1/t27-,28-;/m1./s1. The Hall–Kier alpha value is -4.61. The van der Waals surface area contributed by atoms with Crippen LogP contribution in [0.1, 0.15) is 42.8 Å². The molecule has 0 fully saturated rings. The predicted octanol–water partition coefficient (Wildman–Crippen LogP) is 3.71. The number of fused-ring (bicyclic) bond motifs is 1. The topological polar surface area (TPSA) is 190 Å². The maximum Gasteiger partial charge on any atom is 0.546 e. The largest absolute Gasteiger partial charge is 0.546 e. The van der Waals surface area contributed by atoms with Gasteiger partial charge in [0.1, 0.15) is 11.5 Å². The van der Waals surface area contributed by atoms with Crippen molar-refractivity contribution in [3.8, 4) is 17.1 Å². The number of nitrogens with one attached hydrogen (secondary N) is 2. The lowest BCUT2D eigenvalue weighted by Crippen LogP contribution is -2.47. The van der Waals surface area contributed by atoms with Gasteiger partial charge in [0.25, 0.3) is 5.91 Å². The van der Waals surface area contributed by atoms with Gasteiger partial charge >= 0.3 is 8.03 Å². The summed E-state index contributed by atoms with van der Waals surface area (Å²) in [6.07, 6.45) is 1.51. The zero-order valence-corrected chi connectivity index (χ0v) is 25.8. The molecule has 0 aliphatic rings. The Kier molecular flexibility index (Phi) is 12.8. The Morgan fingerprint density at radius 2 is 1.78 bits per heavy atom. The van der Waals surface area contributed by atoms with Gasteiger partial charge in [-0.2, -0.15) is 4.89 Å². The van der Waals surface area contributed by atoms with Gasteiger partial charge in [0, 0.05) is 17.7 Å². The summed E-state index contributed by atoms with van der Waals surface area (Å²) in [4.78, 5) is 47.0. The Morgan fingerprint density at radius 3 is 2.47 bits per heavy atom. The molecule has 0 aliphatic heterocycles. The molecule has 0 bridgehead atoms. The zero-order valence-electron chi connectivity index (χ0n) is 24.9. The number of ether oxygens (including phenoxy) is 1. The summed E-state index contributed by atoms with van der Waals surface area (Å²) < 4.78 is 22.8. The third-order valence-corrected chi connectivity index (χ3v) is 7.97. The first-order chi connectivity index (χ1) is 21.2. The fraction of sp³-hybridized carbons (Fsp3) is 0.281. The normalized spacial score (nSPS) is 12.4. The van der Waals surface area contributed by atoms with Gasteiger partial charge in [-0.3, -0.25) is 19.6 Å². The number of nitrogens with zero attached hydrogens (tertiary/aromatic N) is 1. The minimum atomic E-state index is -2.62. The van der Waals surface area contributed by atoms with E-state index < -0.39 is 31.8 Å². The van der Waals surface area contributed by atoms with Crippen LogP contribution in [0, 0.1) is 5.92 Å². The highest BCUT2D eigenvalue weighted by atomic mass is 31.1. The maximum atomic E-state index is 13.3. The number of furan rings is 1. The summed E-state index contributed by atoms with van der Waals surface area (Å²) >= 11 is 0. The van der Waals surface area contributed by atoms with Crippen LogP contribution in [0.15, 0.2) is 77.2 Å². The monoisotopic (exact) mass is 638 g/mol. The van der Waals surface area contributed by atoms with E-state index in [2.05, 4.69) is 16.7 Å². The second-order valence-electron chi connectivity index (χ2n) is 10.1. The summed E-state index contributed by atoms with van der Waals surface area (Å²) in [6.45, 7) is 3.70. The van der Waals surface area contributed by atoms with Gasteiger partial charge < -0.3 is 25.3 Å². The van der Waals surface area contributed by atoms with Gasteiger partial charge in [-0.05, 0) is 65.3 Å². The van der Waals surface area contributed by atoms with Crippen molar-refractivity contribution in [1.82, 2.24) is 15.7 Å². The zero-order chi connectivity index (χ0) is 31.6. The summed E-state index contributed by atoms with van der Waals surface area (Å²) in [6, 6.07) is 20.8. The molecule has 3 atom stereocenters. The van der Waals surface area contributed by atoms with Crippen molar-refractivity contribution in [2.45, 2.75) is 39.2 Å². The predicted molar refractivity (Wildman–Crippen MR) is 168 cm³/mol. The molecular weight excluding hydrogens is 601 g/mol. The molecule has 6 N–H and O–H groups in total. The number of hydrogen-bond acceptors (Lipinski definition) is 7. The minimum Gasteiger partial charge on any atom is -0.494 e. The van der Waals surface area contributed by atoms with E-state index in [1.54, 1.807) is 26.0 Å². The molecule has 0 radical (unpaired) electrons. The Balaban J connectivity index is 0.00000552. The fourth-order valence-electron chi connectivity index (χ4n) is 5.08. The van der Waals surface area contributed by atoms with Crippen molar-refractivity contribution < 1.29 is 43.7 Å². The summed E-state index contributed by atoms with van der Waals surface area (Å²) in [5.41, 5.74) is 1.47. The van der Waals surface area contributed by atoms with Crippen LogP contribution in [-0.4, -0.2) is 58.2 Å². The molecule has 0 saturated heterocycles. The van der Waals surface area contributed by atoms with E-state index in [0.29, 0.717) is 42.2 Å². The average molecular weight is 639 g/mol. The summed E-state index contributed by atoms with van der Waals surface area (Å²) in [7, 11) is -2.62. The highest BCUT2D eigenvalue weighted by Crippen LogP contribution is 2.29. The van der Waals surface area contributed by atoms with Gasteiger partial charge in [-0.15, -0.1) is 0 Å². The molecule has 12 nitrogen and oxygen atoms in total. The Bertz CT molecular complexity index is 1640. The quantitative estimate of drug-likeness (QED) is 0.0498. The van der Waals surface area contributed by atoms with Crippen molar-refractivity contribution in [3.63, 3.8) is 0 Å². The number of amides is 3. The van der Waals surface area contributed by atoms with Crippen LogP contribution in [0.2, 0.25) is 0 Å². The van der Waals surface area contributed by atoms with Gasteiger partial charge in [0.05, 0.1) is 25.2 Å². The van der Waals surface area contributed by atoms with Gasteiger partial charge in [-0.25, -0.2) is 5.06 Å². The fourth-order valence-corrected chi connectivity index (χ4v) is 5.57. The van der Waals surface area contributed by atoms with E-state index in [1.165, 1.54) is 18.2 Å². The van der Waals surface area contributed by atoms with E-state index >= 15 is 0 Å². The summed E-state index contributed by atoms with van der Waals surface area (Å²) in [5.74, 6) is -1.14. The third-order valence-electron chi connectivity index (χ3n) is 7.27. The highest BCUT2D eigenvalue weighted by Gasteiger charge is 2.31. The highest BCUT2D eigenvalue weighted by molar-refractivity contribution is 7.47. The Labute approximate surface area is 261 Å². The first kappa shape index (κ1) is 34.9. The van der Waals surface area contributed by atoms with Crippen LogP contribution in [0.3, 0.4) is 0 Å². The van der Waals surface area contributed by atoms with Crippen molar-refractivity contribution >= 4 is 42.3 Å². The number of carbonyl (C=O) groups excluding carboxylic acids is 3. The first-order valence-electron chi connectivity index (χ1n) is 14.2. The number of hydrogen-bond donors (Lipinski definition) is 4. The molecule has 1 heterocycles. The van der Waals surface area contributed by atoms with Crippen molar-refractivity contribution in [1.29, 1.82) is 0 Å². The Morgan fingerprint density at radius 1 is 1.02 bits per heavy atom. The number of benzene rings is 3. The smallest absolute Gasteiger partial charge is 0.494 e. The van der Waals surface area contributed by atoms with Crippen molar-refractivity contribution in [2.75, 3.05) is 13.3 Å². The van der Waals surface area contributed by atoms with Crippen molar-refractivity contribution in [3.05, 3.63) is 84.1 Å². The SMILES string of the molecule is CCOc1cc(-c2ccc(C(=O)NCNC(=O)[C@H](CCc3ccc4ccccc4c3)[C@@H](CC)N(O)C=O)o2)cc([P+](=O)O)c1.O. The van der Waals surface area contributed by atoms with Crippen molar-refractivity contribution in [2.24, 2.45) is 5.92 Å². The lowest BCUT2D eigenvalue weighted by Gasteiger charge is -2.29. The maximum absolute atomic E-state index is 13.3. The van der Waals surface area contributed by atoms with Gasteiger partial charge in [0.15, 0.2) is 5.76 Å². The van der Waals surface area contributed by atoms with E-state index in [0.717, 1.165) is 16.3 Å². The van der Waals surface area contributed by atoms with E-state index in [9.17, 15) is 29.0 Å². The van der Waals surface area contributed by atoms with Crippen LogP contribution in [0.4, 0.5) is 0 Å². The molecule has 238 valence electrons. The molecule has 4 aromatic rings. The summed E-state index contributed by atoms with van der Waals surface area (Å²) in [5, 5.41) is 18.3. The molecular formula is C32H37N3O9P+. The van der Waals surface area contributed by atoms with E-state index in [1.807, 2.05) is 36.4 Å². The molecule has 3 amide bonds. The van der Waals surface area contributed by atoms with Crippen LogP contribution in [0.5, 0.6) is 5.75 Å². The molecule has 3 aromatic carbocycles. The molecule has 13 heteroatoms. The van der Waals surface area contributed by atoms with E-state index in [-0.39, 0.29) is 35.4 Å². The third kappa shape index (κ3) is 8.96. The molecule has 0 spiro atoms. The first-order valence-corrected chi connectivity index (χ1v) is 15.5. The van der Waals surface area contributed by atoms with Gasteiger partial charge in [-0.1, -0.05) is 49.4 Å². The molecule has 4 rings (SSSR count). The lowest BCUT2D eigenvalue weighted by molar-refractivity contribution is -0.168. The second-order valence-corrected chi connectivity index (χ2v) is 11.2. The number of carbonyl (C=O) groups is 3. The lowest BCUT2D eigenvalue weighted by atomic mass is 9.89. The number of rotatable bonds is 15. The molecule has 0 saturated carbocycles. The van der Waals surface area contributed by atoms with Crippen LogP contribution < -0.4 is 20.7 Å². The average Bonchev–Trinajstić information content (AvgIpc) is 3.53. The van der Waals surface area contributed by atoms with Gasteiger partial charge in [0.2, 0.25) is 17.6 Å². The second kappa shape index (κ2) is 16.5. The number of aryl methyl sites for hydroxylation is 1.